The van der Waals surface area contributed by atoms with Crippen molar-refractivity contribution in [3.8, 4) is 0 Å². The third-order valence-electron chi connectivity index (χ3n) is 4.91. The Morgan fingerprint density at radius 3 is 2.40 bits per heavy atom. The van der Waals surface area contributed by atoms with E-state index >= 15 is 0 Å². The van der Waals surface area contributed by atoms with E-state index in [1.54, 1.807) is 0 Å². The van der Waals surface area contributed by atoms with Crippen LogP contribution >= 0.6 is 0 Å². The van der Waals surface area contributed by atoms with Gasteiger partial charge in [0.05, 0.1) is 0 Å². The molecule has 108 valence electrons. The molecule has 2 aliphatic heterocycles. The quantitative estimate of drug-likeness (QED) is 0.773. The van der Waals surface area contributed by atoms with Gasteiger partial charge in [0.15, 0.2) is 17.4 Å². The van der Waals surface area contributed by atoms with Gasteiger partial charge in [-0.3, -0.25) is 4.79 Å². The molecule has 2 atom stereocenters. The fourth-order valence-corrected chi connectivity index (χ4v) is 3.71. The van der Waals surface area contributed by atoms with Gasteiger partial charge in [-0.15, -0.1) is 0 Å². The summed E-state index contributed by atoms with van der Waals surface area (Å²) in [5.41, 5.74) is 0.302. The Labute approximate surface area is 117 Å². The zero-order valence-electron chi connectivity index (χ0n) is 11.6. The van der Waals surface area contributed by atoms with Crippen LogP contribution in [0.15, 0.2) is 18.2 Å². The van der Waals surface area contributed by atoms with Crippen LogP contribution in [-0.2, 0) is 0 Å². The first-order chi connectivity index (χ1) is 9.56. The number of carbonyl (C=O) groups excluding carboxylic acids is 1. The Hall–Kier alpha value is -1.29. The van der Waals surface area contributed by atoms with Crippen LogP contribution in [0.3, 0.4) is 0 Å². The molecule has 2 aliphatic rings. The average molecular weight is 279 g/mol. The van der Waals surface area contributed by atoms with Gasteiger partial charge in [0.2, 0.25) is 0 Å². The molecule has 0 N–H and O–H groups in total. The number of hydrogen-bond acceptors (Lipinski definition) is 2. The maximum absolute atomic E-state index is 13.3. The average Bonchev–Trinajstić information content (AvgIpc) is 2.41. The normalized spacial score (nSPS) is 30.2. The molecular formula is C16H19F2NO. The molecule has 1 aromatic rings. The first-order valence-corrected chi connectivity index (χ1v) is 7.27. The van der Waals surface area contributed by atoms with Crippen molar-refractivity contribution in [2.24, 2.45) is 5.92 Å². The lowest BCUT2D eigenvalue weighted by Crippen LogP contribution is -2.51. The van der Waals surface area contributed by atoms with Gasteiger partial charge in [0.25, 0.3) is 0 Å². The molecule has 4 heteroatoms. The van der Waals surface area contributed by atoms with Crippen molar-refractivity contribution < 1.29 is 13.6 Å². The van der Waals surface area contributed by atoms with Gasteiger partial charge < -0.3 is 4.90 Å². The number of halogens is 2. The van der Waals surface area contributed by atoms with E-state index in [-0.39, 0.29) is 11.7 Å². The van der Waals surface area contributed by atoms with E-state index in [1.807, 2.05) is 0 Å². The van der Waals surface area contributed by atoms with Gasteiger partial charge in [-0.1, -0.05) is 6.42 Å². The van der Waals surface area contributed by atoms with Gasteiger partial charge in [0, 0.05) is 23.6 Å². The van der Waals surface area contributed by atoms with Crippen LogP contribution in [0.5, 0.6) is 0 Å². The van der Waals surface area contributed by atoms with Crippen LogP contribution in [0.4, 0.5) is 8.78 Å². The Morgan fingerprint density at radius 1 is 1.15 bits per heavy atom. The predicted molar refractivity (Wildman–Crippen MR) is 72.6 cm³/mol. The van der Waals surface area contributed by atoms with Crippen LogP contribution in [0.2, 0.25) is 0 Å². The van der Waals surface area contributed by atoms with Crippen LogP contribution < -0.4 is 0 Å². The standard InChI is InChI=1S/C16H19F2NO/c1-19-12-3-2-4-13(19)8-11(7-12)16(20)10-5-6-14(17)15(18)9-10/h5-6,9,11-13H,2-4,7-8H2,1H3. The minimum absolute atomic E-state index is 0.0334. The maximum atomic E-state index is 13.3. The maximum Gasteiger partial charge on any atom is 0.166 e. The molecule has 2 bridgehead atoms. The summed E-state index contributed by atoms with van der Waals surface area (Å²) in [5.74, 6) is -1.92. The molecule has 0 aliphatic carbocycles. The van der Waals surface area contributed by atoms with E-state index in [4.69, 9.17) is 0 Å². The molecule has 0 spiro atoms. The second-order valence-corrected chi connectivity index (χ2v) is 6.07. The van der Waals surface area contributed by atoms with Crippen molar-refractivity contribution in [1.29, 1.82) is 0 Å². The van der Waals surface area contributed by atoms with Crippen LogP contribution in [0.1, 0.15) is 42.5 Å². The van der Waals surface area contributed by atoms with Gasteiger partial charge in [-0.25, -0.2) is 8.78 Å². The molecule has 2 nitrogen and oxygen atoms in total. The molecule has 20 heavy (non-hydrogen) atoms. The number of benzene rings is 1. The lowest BCUT2D eigenvalue weighted by molar-refractivity contribution is 0.0338. The highest BCUT2D eigenvalue weighted by atomic mass is 19.2. The van der Waals surface area contributed by atoms with E-state index in [9.17, 15) is 13.6 Å². The third-order valence-corrected chi connectivity index (χ3v) is 4.91. The number of carbonyl (C=O) groups is 1. The summed E-state index contributed by atoms with van der Waals surface area (Å²) in [5, 5.41) is 0. The Morgan fingerprint density at radius 2 is 1.80 bits per heavy atom. The zero-order valence-corrected chi connectivity index (χ0v) is 11.6. The number of piperidine rings is 2. The monoisotopic (exact) mass is 279 g/mol. The molecule has 2 unspecified atom stereocenters. The summed E-state index contributed by atoms with van der Waals surface area (Å²) < 4.78 is 26.2. The highest BCUT2D eigenvalue weighted by Gasteiger charge is 2.38. The van der Waals surface area contributed by atoms with Crippen molar-refractivity contribution in [1.82, 2.24) is 4.90 Å². The summed E-state index contributed by atoms with van der Waals surface area (Å²) in [4.78, 5) is 14.9. The topological polar surface area (TPSA) is 20.3 Å². The van der Waals surface area contributed by atoms with E-state index in [0.29, 0.717) is 17.6 Å². The lowest BCUT2D eigenvalue weighted by atomic mass is 9.76. The Balaban J connectivity index is 1.79. The number of ketones is 1. The number of Topliss-reactive ketones (excluding diaryl/α,β-unsaturated/α-hetero) is 1. The van der Waals surface area contributed by atoms with Gasteiger partial charge in [-0.05, 0) is 50.9 Å². The summed E-state index contributed by atoms with van der Waals surface area (Å²) in [7, 11) is 2.13. The molecule has 3 rings (SSSR count). The zero-order chi connectivity index (χ0) is 14.3. The molecular weight excluding hydrogens is 260 g/mol. The second-order valence-electron chi connectivity index (χ2n) is 6.07. The first-order valence-electron chi connectivity index (χ1n) is 7.27. The van der Waals surface area contributed by atoms with Crippen molar-refractivity contribution >= 4 is 5.78 Å². The number of rotatable bonds is 2. The molecule has 0 amide bonds. The molecule has 0 radical (unpaired) electrons. The predicted octanol–water partition coefficient (Wildman–Crippen LogP) is 3.41. The summed E-state index contributed by atoms with van der Waals surface area (Å²) >= 11 is 0. The summed E-state index contributed by atoms with van der Waals surface area (Å²) in [6, 6.07) is 4.39. The number of nitrogens with zero attached hydrogens (tertiary/aromatic N) is 1. The van der Waals surface area contributed by atoms with Gasteiger partial charge in [0.1, 0.15) is 0 Å². The number of fused-ring (bicyclic) bond motifs is 2. The highest BCUT2D eigenvalue weighted by Crippen LogP contribution is 2.37. The Kier molecular flexibility index (Phi) is 3.59. The van der Waals surface area contributed by atoms with Crippen LogP contribution in [0, 0.1) is 17.6 Å². The van der Waals surface area contributed by atoms with E-state index < -0.39 is 11.6 Å². The molecule has 0 saturated carbocycles. The third kappa shape index (κ3) is 2.37. The van der Waals surface area contributed by atoms with Crippen molar-refractivity contribution in [2.75, 3.05) is 7.05 Å². The SMILES string of the molecule is CN1C2CCCC1CC(C(=O)c1ccc(F)c(F)c1)C2. The van der Waals surface area contributed by atoms with Crippen molar-refractivity contribution in [3.63, 3.8) is 0 Å². The van der Waals surface area contributed by atoms with Gasteiger partial charge in [-0.2, -0.15) is 0 Å². The summed E-state index contributed by atoms with van der Waals surface area (Å²) in [6.45, 7) is 0. The highest BCUT2D eigenvalue weighted by molar-refractivity contribution is 5.98. The Bertz CT molecular complexity index is 517. The fourth-order valence-electron chi connectivity index (χ4n) is 3.71. The lowest BCUT2D eigenvalue weighted by Gasteiger charge is -2.46. The van der Waals surface area contributed by atoms with E-state index in [0.717, 1.165) is 37.8 Å². The van der Waals surface area contributed by atoms with E-state index in [2.05, 4.69) is 11.9 Å². The fraction of sp³-hybridized carbons (Fsp3) is 0.562. The minimum Gasteiger partial charge on any atom is -0.300 e. The second kappa shape index (κ2) is 5.24. The molecule has 0 aromatic heterocycles. The molecule has 2 heterocycles. The van der Waals surface area contributed by atoms with Crippen molar-refractivity contribution in [2.45, 2.75) is 44.2 Å². The van der Waals surface area contributed by atoms with Gasteiger partial charge >= 0.3 is 0 Å². The molecule has 1 aromatic carbocycles. The molecule has 2 fully saturated rings. The smallest absolute Gasteiger partial charge is 0.166 e. The van der Waals surface area contributed by atoms with Crippen molar-refractivity contribution in [3.05, 3.63) is 35.4 Å². The van der Waals surface area contributed by atoms with Crippen LogP contribution in [-0.4, -0.2) is 29.8 Å². The summed E-state index contributed by atoms with van der Waals surface area (Å²) in [6.07, 6.45) is 5.17. The largest absolute Gasteiger partial charge is 0.300 e. The first kappa shape index (κ1) is 13.7. The van der Waals surface area contributed by atoms with E-state index in [1.165, 1.54) is 12.5 Å². The number of hydrogen-bond donors (Lipinski definition) is 0. The molecule has 2 saturated heterocycles. The van der Waals surface area contributed by atoms with Crippen LogP contribution in [0.25, 0.3) is 0 Å². The minimum atomic E-state index is -0.941.